The number of thioether (sulfide) groups is 1. The van der Waals surface area contributed by atoms with E-state index in [0.29, 0.717) is 28.1 Å². The van der Waals surface area contributed by atoms with E-state index in [2.05, 4.69) is 10.6 Å². The van der Waals surface area contributed by atoms with Crippen molar-refractivity contribution in [1.82, 2.24) is 5.32 Å². The third-order valence-corrected chi connectivity index (χ3v) is 4.97. The van der Waals surface area contributed by atoms with E-state index in [1.165, 1.54) is 11.8 Å². The summed E-state index contributed by atoms with van der Waals surface area (Å²) in [5.74, 6) is 0.963. The normalized spacial score (nSPS) is 13.3. The van der Waals surface area contributed by atoms with Gasteiger partial charge < -0.3 is 10.6 Å². The molecule has 1 aliphatic rings. The summed E-state index contributed by atoms with van der Waals surface area (Å²) < 4.78 is 0. The molecule has 0 atom stereocenters. The number of hydrogen-bond acceptors (Lipinski definition) is 3. The summed E-state index contributed by atoms with van der Waals surface area (Å²) in [6.45, 7) is 0. The maximum atomic E-state index is 12.0. The highest BCUT2D eigenvalue weighted by molar-refractivity contribution is 7.99. The number of anilines is 1. The highest BCUT2D eigenvalue weighted by atomic mass is 35.5. The Balaban J connectivity index is 1.43. The molecule has 2 N–H and O–H groups in total. The van der Waals surface area contributed by atoms with Crippen molar-refractivity contribution < 1.29 is 9.59 Å². The molecule has 2 aromatic rings. The fourth-order valence-electron chi connectivity index (χ4n) is 2.29. The van der Waals surface area contributed by atoms with Crippen LogP contribution in [0.3, 0.4) is 0 Å². The Bertz CT molecular complexity index is 760. The van der Waals surface area contributed by atoms with E-state index in [1.807, 2.05) is 24.3 Å². The monoisotopic (exact) mass is 374 g/mol. The number of carbonyl (C=O) groups excluding carboxylic acids is 2. The van der Waals surface area contributed by atoms with Gasteiger partial charge in [-0.1, -0.05) is 23.7 Å². The molecule has 0 radical (unpaired) electrons. The van der Waals surface area contributed by atoms with Gasteiger partial charge in [-0.2, -0.15) is 0 Å². The van der Waals surface area contributed by atoms with Gasteiger partial charge in [-0.3, -0.25) is 9.59 Å². The number of rotatable bonds is 7. The van der Waals surface area contributed by atoms with Gasteiger partial charge in [0, 0.05) is 28.1 Å². The molecular weight excluding hydrogens is 356 g/mol. The van der Waals surface area contributed by atoms with Crippen LogP contribution in [-0.2, 0) is 10.5 Å². The standard InChI is InChI=1S/C19H19ClN2O2S/c20-15-3-1-2-13(10-15)11-25-12-18(23)21-16-6-4-14(5-7-16)19(24)22-17-8-9-17/h1-7,10,17H,8-9,11-12H2,(H,21,23)(H,22,24). The number of hydrogen-bond donors (Lipinski definition) is 2. The van der Waals surface area contributed by atoms with Crippen molar-refractivity contribution in [1.29, 1.82) is 0 Å². The molecule has 0 unspecified atom stereocenters. The topological polar surface area (TPSA) is 58.2 Å². The summed E-state index contributed by atoms with van der Waals surface area (Å²) in [5.41, 5.74) is 2.40. The van der Waals surface area contributed by atoms with Crippen molar-refractivity contribution >= 4 is 40.9 Å². The molecular formula is C19H19ClN2O2S. The third-order valence-electron chi connectivity index (χ3n) is 3.73. The van der Waals surface area contributed by atoms with Gasteiger partial charge in [0.05, 0.1) is 5.75 Å². The minimum Gasteiger partial charge on any atom is -0.349 e. The molecule has 2 aromatic carbocycles. The third kappa shape index (κ3) is 5.80. The zero-order chi connectivity index (χ0) is 17.6. The lowest BCUT2D eigenvalue weighted by molar-refractivity contribution is -0.113. The number of benzene rings is 2. The molecule has 0 bridgehead atoms. The second-order valence-electron chi connectivity index (χ2n) is 6.00. The Morgan fingerprint density at radius 3 is 2.56 bits per heavy atom. The van der Waals surface area contributed by atoms with Crippen molar-refractivity contribution in [2.75, 3.05) is 11.1 Å². The van der Waals surface area contributed by atoms with Crippen LogP contribution in [0.4, 0.5) is 5.69 Å². The van der Waals surface area contributed by atoms with Crippen molar-refractivity contribution in [3.63, 3.8) is 0 Å². The first-order chi connectivity index (χ1) is 12.1. The molecule has 0 aliphatic heterocycles. The van der Waals surface area contributed by atoms with Gasteiger partial charge in [0.25, 0.3) is 5.91 Å². The van der Waals surface area contributed by atoms with Gasteiger partial charge in [-0.25, -0.2) is 0 Å². The van der Waals surface area contributed by atoms with Crippen LogP contribution in [0.1, 0.15) is 28.8 Å². The van der Waals surface area contributed by atoms with Crippen LogP contribution >= 0.6 is 23.4 Å². The largest absolute Gasteiger partial charge is 0.349 e. The molecule has 1 aliphatic carbocycles. The van der Waals surface area contributed by atoms with Gasteiger partial charge in [0.2, 0.25) is 5.91 Å². The average molecular weight is 375 g/mol. The second kappa shape index (κ2) is 8.41. The quantitative estimate of drug-likeness (QED) is 0.766. The van der Waals surface area contributed by atoms with E-state index < -0.39 is 0 Å². The Morgan fingerprint density at radius 2 is 1.88 bits per heavy atom. The Hall–Kier alpha value is -1.98. The maximum Gasteiger partial charge on any atom is 0.251 e. The van der Waals surface area contributed by atoms with E-state index in [1.54, 1.807) is 24.3 Å². The second-order valence-corrected chi connectivity index (χ2v) is 7.42. The number of halogens is 1. The molecule has 25 heavy (non-hydrogen) atoms. The van der Waals surface area contributed by atoms with Gasteiger partial charge in [0.15, 0.2) is 0 Å². The molecule has 3 rings (SSSR count). The Morgan fingerprint density at radius 1 is 1.12 bits per heavy atom. The minimum atomic E-state index is -0.0674. The highest BCUT2D eigenvalue weighted by Crippen LogP contribution is 2.20. The molecule has 130 valence electrons. The lowest BCUT2D eigenvalue weighted by Crippen LogP contribution is -2.25. The van der Waals surface area contributed by atoms with Gasteiger partial charge in [-0.05, 0) is 54.8 Å². The molecule has 4 nitrogen and oxygen atoms in total. The fourth-order valence-corrected chi connectivity index (χ4v) is 3.27. The molecule has 0 aromatic heterocycles. The van der Waals surface area contributed by atoms with E-state index in [0.717, 1.165) is 24.2 Å². The smallest absolute Gasteiger partial charge is 0.251 e. The molecule has 0 heterocycles. The molecule has 1 fully saturated rings. The van der Waals surface area contributed by atoms with Gasteiger partial charge >= 0.3 is 0 Å². The first-order valence-electron chi connectivity index (χ1n) is 8.13. The predicted molar refractivity (Wildman–Crippen MR) is 103 cm³/mol. The van der Waals surface area contributed by atoms with E-state index in [-0.39, 0.29) is 11.8 Å². The number of carbonyl (C=O) groups is 2. The van der Waals surface area contributed by atoms with Crippen molar-refractivity contribution in [3.05, 3.63) is 64.7 Å². The Kier molecular flexibility index (Phi) is 6.00. The average Bonchev–Trinajstić information content (AvgIpc) is 3.39. The minimum absolute atomic E-state index is 0.0579. The molecule has 0 spiro atoms. The first kappa shape index (κ1) is 17.8. The highest BCUT2D eigenvalue weighted by Gasteiger charge is 2.23. The van der Waals surface area contributed by atoms with Crippen LogP contribution in [0.2, 0.25) is 5.02 Å². The van der Waals surface area contributed by atoms with Crippen LogP contribution in [0.15, 0.2) is 48.5 Å². The van der Waals surface area contributed by atoms with Crippen LogP contribution in [-0.4, -0.2) is 23.6 Å². The van der Waals surface area contributed by atoms with E-state index in [9.17, 15) is 9.59 Å². The molecule has 1 saturated carbocycles. The maximum absolute atomic E-state index is 12.0. The molecule has 6 heteroatoms. The van der Waals surface area contributed by atoms with Crippen LogP contribution < -0.4 is 10.6 Å². The van der Waals surface area contributed by atoms with Crippen LogP contribution in [0, 0.1) is 0 Å². The lowest BCUT2D eigenvalue weighted by Gasteiger charge is -2.07. The first-order valence-corrected chi connectivity index (χ1v) is 9.66. The summed E-state index contributed by atoms with van der Waals surface area (Å²) in [7, 11) is 0. The van der Waals surface area contributed by atoms with Gasteiger partial charge in [0.1, 0.15) is 0 Å². The van der Waals surface area contributed by atoms with Crippen LogP contribution in [0.5, 0.6) is 0 Å². The molecule has 2 amide bonds. The van der Waals surface area contributed by atoms with E-state index in [4.69, 9.17) is 11.6 Å². The zero-order valence-corrected chi connectivity index (χ0v) is 15.2. The van der Waals surface area contributed by atoms with Crippen molar-refractivity contribution in [3.8, 4) is 0 Å². The van der Waals surface area contributed by atoms with E-state index >= 15 is 0 Å². The molecule has 0 saturated heterocycles. The van der Waals surface area contributed by atoms with Gasteiger partial charge in [-0.15, -0.1) is 11.8 Å². The summed E-state index contributed by atoms with van der Waals surface area (Å²) in [5, 5.41) is 6.48. The van der Waals surface area contributed by atoms with Crippen molar-refractivity contribution in [2.24, 2.45) is 0 Å². The summed E-state index contributed by atoms with van der Waals surface area (Å²) in [4.78, 5) is 23.9. The zero-order valence-electron chi connectivity index (χ0n) is 13.6. The summed E-state index contributed by atoms with van der Waals surface area (Å²) in [6.07, 6.45) is 2.12. The lowest BCUT2D eigenvalue weighted by atomic mass is 10.2. The summed E-state index contributed by atoms with van der Waals surface area (Å²) in [6, 6.07) is 14.9. The number of amides is 2. The SMILES string of the molecule is O=C(CSCc1cccc(Cl)c1)Nc1ccc(C(=O)NC2CC2)cc1. The van der Waals surface area contributed by atoms with Crippen molar-refractivity contribution in [2.45, 2.75) is 24.6 Å². The Labute approximate surface area is 156 Å². The van der Waals surface area contributed by atoms with Crippen LogP contribution in [0.25, 0.3) is 0 Å². The fraction of sp³-hybridized carbons (Fsp3) is 0.263. The number of nitrogens with one attached hydrogen (secondary N) is 2. The summed E-state index contributed by atoms with van der Waals surface area (Å²) >= 11 is 7.47. The predicted octanol–water partition coefficient (Wildman–Crippen LogP) is 4.10.